The van der Waals surface area contributed by atoms with Crippen LogP contribution in [0.2, 0.25) is 5.02 Å². The molecule has 0 bridgehead atoms. The van der Waals surface area contributed by atoms with Gasteiger partial charge in [-0.1, -0.05) is 17.7 Å². The second-order valence-corrected chi connectivity index (χ2v) is 4.78. The summed E-state index contributed by atoms with van der Waals surface area (Å²) in [6.07, 6.45) is 0. The first kappa shape index (κ1) is 14.3. The number of carbonyl (C=O) groups excluding carboxylic acids is 1. The average Bonchev–Trinajstić information content (AvgIpc) is 2.42. The lowest BCUT2D eigenvalue weighted by molar-refractivity contribution is -0.114. The number of rotatable bonds is 4. The van der Waals surface area contributed by atoms with E-state index in [1.807, 2.05) is 13.0 Å². The van der Waals surface area contributed by atoms with Crippen LogP contribution in [0.4, 0.5) is 15.8 Å². The van der Waals surface area contributed by atoms with E-state index in [2.05, 4.69) is 10.6 Å². The van der Waals surface area contributed by atoms with Crippen molar-refractivity contribution < 1.29 is 9.18 Å². The van der Waals surface area contributed by atoms with Crippen LogP contribution in [-0.4, -0.2) is 12.5 Å². The van der Waals surface area contributed by atoms with Gasteiger partial charge in [-0.25, -0.2) is 4.39 Å². The molecule has 0 fully saturated rings. The van der Waals surface area contributed by atoms with E-state index >= 15 is 0 Å². The van der Waals surface area contributed by atoms with E-state index in [9.17, 15) is 9.18 Å². The molecule has 0 aliphatic rings. The zero-order chi connectivity index (χ0) is 14.5. The first-order valence-corrected chi connectivity index (χ1v) is 6.48. The van der Waals surface area contributed by atoms with E-state index in [-0.39, 0.29) is 18.3 Å². The van der Waals surface area contributed by atoms with E-state index in [4.69, 9.17) is 11.6 Å². The monoisotopic (exact) mass is 292 g/mol. The lowest BCUT2D eigenvalue weighted by Crippen LogP contribution is -2.21. The molecule has 0 atom stereocenters. The van der Waals surface area contributed by atoms with E-state index < -0.39 is 0 Å². The van der Waals surface area contributed by atoms with Gasteiger partial charge in [0.15, 0.2) is 0 Å². The molecule has 5 heteroatoms. The fraction of sp³-hybridized carbons (Fsp3) is 0.133. The Hall–Kier alpha value is -2.07. The second kappa shape index (κ2) is 6.39. The van der Waals surface area contributed by atoms with Crippen LogP contribution in [0, 0.1) is 12.7 Å². The minimum Gasteiger partial charge on any atom is -0.376 e. The van der Waals surface area contributed by atoms with Crippen LogP contribution in [0.25, 0.3) is 0 Å². The normalized spacial score (nSPS) is 10.2. The molecule has 0 aromatic heterocycles. The van der Waals surface area contributed by atoms with E-state index in [0.29, 0.717) is 16.4 Å². The summed E-state index contributed by atoms with van der Waals surface area (Å²) >= 11 is 5.98. The largest absolute Gasteiger partial charge is 0.376 e. The molecule has 0 aliphatic carbocycles. The Kier molecular flexibility index (Phi) is 4.58. The maximum absolute atomic E-state index is 12.7. The van der Waals surface area contributed by atoms with Gasteiger partial charge in [-0.15, -0.1) is 0 Å². The topological polar surface area (TPSA) is 41.1 Å². The zero-order valence-electron chi connectivity index (χ0n) is 10.9. The number of amides is 1. The standard InChI is InChI=1S/C15H14ClFN2O/c1-10-2-5-13(8-14(10)16)19-15(20)9-18-12-6-3-11(17)4-7-12/h2-8,18H,9H2,1H3,(H,19,20). The van der Waals surface area contributed by atoms with Crippen molar-refractivity contribution in [2.24, 2.45) is 0 Å². The van der Waals surface area contributed by atoms with Crippen LogP contribution in [0.3, 0.4) is 0 Å². The Morgan fingerprint density at radius 3 is 2.45 bits per heavy atom. The van der Waals surface area contributed by atoms with Gasteiger partial charge in [0.2, 0.25) is 5.91 Å². The number of benzene rings is 2. The van der Waals surface area contributed by atoms with Crippen LogP contribution >= 0.6 is 11.6 Å². The van der Waals surface area contributed by atoms with Gasteiger partial charge in [0.05, 0.1) is 6.54 Å². The summed E-state index contributed by atoms with van der Waals surface area (Å²) in [5.41, 5.74) is 2.28. The molecular weight excluding hydrogens is 279 g/mol. The summed E-state index contributed by atoms with van der Waals surface area (Å²) < 4.78 is 12.7. The highest BCUT2D eigenvalue weighted by atomic mass is 35.5. The SMILES string of the molecule is Cc1ccc(NC(=O)CNc2ccc(F)cc2)cc1Cl. The molecule has 0 saturated carbocycles. The molecular formula is C15H14ClFN2O. The fourth-order valence-corrected chi connectivity index (χ4v) is 1.81. The predicted octanol–water partition coefficient (Wildman–Crippen LogP) is 3.84. The van der Waals surface area contributed by atoms with E-state index in [1.54, 1.807) is 24.3 Å². The Balaban J connectivity index is 1.89. The highest BCUT2D eigenvalue weighted by molar-refractivity contribution is 6.31. The number of hydrogen-bond donors (Lipinski definition) is 2. The van der Waals surface area contributed by atoms with E-state index in [1.165, 1.54) is 12.1 Å². The molecule has 1 amide bonds. The summed E-state index contributed by atoms with van der Waals surface area (Å²) in [5.74, 6) is -0.511. The molecule has 2 rings (SSSR count). The van der Waals surface area contributed by atoms with Gasteiger partial charge in [-0.05, 0) is 48.9 Å². The molecule has 2 N–H and O–H groups in total. The lowest BCUT2D eigenvalue weighted by Gasteiger charge is -2.08. The minimum atomic E-state index is -0.311. The van der Waals surface area contributed by atoms with Gasteiger partial charge in [0.1, 0.15) is 5.82 Å². The third-order valence-corrected chi connectivity index (χ3v) is 3.16. The number of aryl methyl sites for hydroxylation is 1. The van der Waals surface area contributed by atoms with Crippen molar-refractivity contribution in [1.29, 1.82) is 0 Å². The number of hydrogen-bond acceptors (Lipinski definition) is 2. The molecule has 0 unspecified atom stereocenters. The van der Waals surface area contributed by atoms with Gasteiger partial charge in [-0.3, -0.25) is 4.79 Å². The van der Waals surface area contributed by atoms with Gasteiger partial charge < -0.3 is 10.6 Å². The fourth-order valence-electron chi connectivity index (χ4n) is 1.63. The Morgan fingerprint density at radius 1 is 1.15 bits per heavy atom. The highest BCUT2D eigenvalue weighted by Crippen LogP contribution is 2.19. The van der Waals surface area contributed by atoms with Crippen LogP contribution in [0.1, 0.15) is 5.56 Å². The Bertz CT molecular complexity index is 614. The average molecular weight is 293 g/mol. The summed E-state index contributed by atoms with van der Waals surface area (Å²) in [4.78, 5) is 11.8. The summed E-state index contributed by atoms with van der Waals surface area (Å²) in [6.45, 7) is 1.99. The maximum Gasteiger partial charge on any atom is 0.243 e. The van der Waals surface area contributed by atoms with Crippen molar-refractivity contribution in [3.63, 3.8) is 0 Å². The van der Waals surface area contributed by atoms with Crippen LogP contribution in [0.15, 0.2) is 42.5 Å². The summed E-state index contributed by atoms with van der Waals surface area (Å²) in [7, 11) is 0. The van der Waals surface area contributed by atoms with Crippen molar-refractivity contribution in [1.82, 2.24) is 0 Å². The minimum absolute atomic E-state index is 0.0944. The smallest absolute Gasteiger partial charge is 0.243 e. The van der Waals surface area contributed by atoms with Crippen molar-refractivity contribution >= 4 is 28.9 Å². The molecule has 0 saturated heterocycles. The molecule has 0 aliphatic heterocycles. The molecule has 0 heterocycles. The molecule has 2 aromatic rings. The second-order valence-electron chi connectivity index (χ2n) is 4.37. The Labute approximate surface area is 121 Å². The number of halogens is 2. The van der Waals surface area contributed by atoms with Crippen LogP contribution in [-0.2, 0) is 4.79 Å². The summed E-state index contributed by atoms with van der Waals surface area (Å²) in [6, 6.07) is 11.1. The molecule has 3 nitrogen and oxygen atoms in total. The predicted molar refractivity (Wildman–Crippen MR) is 79.7 cm³/mol. The van der Waals surface area contributed by atoms with Gasteiger partial charge >= 0.3 is 0 Å². The number of anilines is 2. The third kappa shape index (κ3) is 3.96. The van der Waals surface area contributed by atoms with Gasteiger partial charge in [0.25, 0.3) is 0 Å². The maximum atomic E-state index is 12.7. The Morgan fingerprint density at radius 2 is 1.80 bits per heavy atom. The number of nitrogens with one attached hydrogen (secondary N) is 2. The van der Waals surface area contributed by atoms with Crippen molar-refractivity contribution in [3.05, 3.63) is 58.9 Å². The number of carbonyl (C=O) groups is 1. The van der Waals surface area contributed by atoms with E-state index in [0.717, 1.165) is 5.56 Å². The lowest BCUT2D eigenvalue weighted by atomic mass is 10.2. The van der Waals surface area contributed by atoms with Gasteiger partial charge in [0, 0.05) is 16.4 Å². The van der Waals surface area contributed by atoms with Crippen molar-refractivity contribution in [2.45, 2.75) is 6.92 Å². The molecule has 104 valence electrons. The van der Waals surface area contributed by atoms with Crippen molar-refractivity contribution in [2.75, 3.05) is 17.2 Å². The molecule has 20 heavy (non-hydrogen) atoms. The first-order valence-electron chi connectivity index (χ1n) is 6.10. The summed E-state index contributed by atoms with van der Waals surface area (Å²) in [5, 5.41) is 6.24. The molecule has 2 aromatic carbocycles. The van der Waals surface area contributed by atoms with Crippen LogP contribution in [0.5, 0.6) is 0 Å². The highest BCUT2D eigenvalue weighted by Gasteiger charge is 2.04. The van der Waals surface area contributed by atoms with Gasteiger partial charge in [-0.2, -0.15) is 0 Å². The third-order valence-electron chi connectivity index (χ3n) is 2.75. The van der Waals surface area contributed by atoms with Crippen molar-refractivity contribution in [3.8, 4) is 0 Å². The molecule has 0 radical (unpaired) electrons. The quantitative estimate of drug-likeness (QED) is 0.899. The molecule has 0 spiro atoms. The van der Waals surface area contributed by atoms with Crippen LogP contribution < -0.4 is 10.6 Å². The first-order chi connectivity index (χ1) is 9.54. The zero-order valence-corrected chi connectivity index (χ0v) is 11.7.